The summed E-state index contributed by atoms with van der Waals surface area (Å²) in [6.07, 6.45) is 9.74. The number of carbonyl (C=O) groups is 1. The Kier molecular flexibility index (Phi) is 3.70. The first-order chi connectivity index (χ1) is 7.81. The van der Waals surface area contributed by atoms with E-state index in [9.17, 15) is 4.79 Å². The van der Waals surface area contributed by atoms with Gasteiger partial charge in [0.05, 0.1) is 5.69 Å². The van der Waals surface area contributed by atoms with Crippen LogP contribution < -0.4 is 0 Å². The van der Waals surface area contributed by atoms with Gasteiger partial charge in [-0.3, -0.25) is 9.48 Å². The van der Waals surface area contributed by atoms with Crippen molar-refractivity contribution in [1.82, 2.24) is 15.0 Å². The minimum atomic E-state index is 0.512. The van der Waals surface area contributed by atoms with Crippen molar-refractivity contribution < 1.29 is 4.79 Å². The van der Waals surface area contributed by atoms with Gasteiger partial charge in [0.1, 0.15) is 5.69 Å². The summed E-state index contributed by atoms with van der Waals surface area (Å²) in [5.74, 6) is 0.836. The van der Waals surface area contributed by atoms with Gasteiger partial charge in [0, 0.05) is 7.05 Å². The summed E-state index contributed by atoms with van der Waals surface area (Å²) >= 11 is 0. The zero-order chi connectivity index (χ0) is 11.4. The Morgan fingerprint density at radius 3 is 2.81 bits per heavy atom. The van der Waals surface area contributed by atoms with Crippen molar-refractivity contribution in [3.63, 3.8) is 0 Å². The lowest BCUT2D eigenvalue weighted by Gasteiger charge is -2.21. The molecule has 1 aliphatic rings. The molecule has 2 rings (SSSR count). The second-order valence-corrected chi connectivity index (χ2v) is 4.71. The fourth-order valence-electron chi connectivity index (χ4n) is 2.59. The van der Waals surface area contributed by atoms with Crippen molar-refractivity contribution in [2.45, 2.75) is 44.9 Å². The first-order valence-corrected chi connectivity index (χ1v) is 6.15. The standard InChI is InChI=1S/C12H19N3O/c1-15-12(11(9-16)13-14-15)8-7-10-5-3-2-4-6-10/h9-10H,2-8H2,1H3. The van der Waals surface area contributed by atoms with Gasteiger partial charge in [-0.2, -0.15) is 0 Å². The second kappa shape index (κ2) is 5.23. The van der Waals surface area contributed by atoms with Gasteiger partial charge in [-0.15, -0.1) is 5.10 Å². The summed E-state index contributed by atoms with van der Waals surface area (Å²) in [6.45, 7) is 0. The van der Waals surface area contributed by atoms with Crippen LogP contribution in [-0.4, -0.2) is 21.3 Å². The van der Waals surface area contributed by atoms with Crippen LogP contribution in [-0.2, 0) is 13.5 Å². The van der Waals surface area contributed by atoms with Gasteiger partial charge in [0.2, 0.25) is 0 Å². The number of carbonyl (C=O) groups excluding carboxylic acids is 1. The van der Waals surface area contributed by atoms with Crippen molar-refractivity contribution in [3.8, 4) is 0 Å². The molecule has 0 aromatic carbocycles. The van der Waals surface area contributed by atoms with E-state index in [-0.39, 0.29) is 0 Å². The van der Waals surface area contributed by atoms with Crippen molar-refractivity contribution in [1.29, 1.82) is 0 Å². The molecule has 1 saturated carbocycles. The van der Waals surface area contributed by atoms with E-state index in [0.717, 1.165) is 24.3 Å². The normalized spacial score (nSPS) is 17.6. The molecule has 0 aliphatic heterocycles. The molecule has 1 fully saturated rings. The van der Waals surface area contributed by atoms with Crippen molar-refractivity contribution in [2.75, 3.05) is 0 Å². The monoisotopic (exact) mass is 221 g/mol. The Labute approximate surface area is 96.0 Å². The quantitative estimate of drug-likeness (QED) is 0.732. The number of aldehydes is 1. The lowest BCUT2D eigenvalue weighted by Crippen LogP contribution is -2.09. The molecule has 0 spiro atoms. The highest BCUT2D eigenvalue weighted by Gasteiger charge is 2.16. The van der Waals surface area contributed by atoms with E-state index < -0.39 is 0 Å². The molecule has 16 heavy (non-hydrogen) atoms. The average Bonchev–Trinajstić information content (AvgIpc) is 2.69. The molecule has 88 valence electrons. The molecule has 1 heterocycles. The average molecular weight is 221 g/mol. The third-order valence-corrected chi connectivity index (χ3v) is 3.60. The molecule has 0 amide bonds. The van der Waals surface area contributed by atoms with Gasteiger partial charge in [-0.05, 0) is 18.8 Å². The second-order valence-electron chi connectivity index (χ2n) is 4.71. The summed E-state index contributed by atoms with van der Waals surface area (Å²) < 4.78 is 1.73. The maximum absolute atomic E-state index is 10.8. The summed E-state index contributed by atoms with van der Waals surface area (Å²) in [5.41, 5.74) is 1.50. The van der Waals surface area contributed by atoms with E-state index in [1.54, 1.807) is 4.68 Å². The van der Waals surface area contributed by atoms with Crippen LogP contribution in [0.3, 0.4) is 0 Å². The Morgan fingerprint density at radius 2 is 2.12 bits per heavy atom. The molecule has 1 aromatic rings. The largest absolute Gasteiger partial charge is 0.296 e. The fraction of sp³-hybridized carbons (Fsp3) is 0.750. The van der Waals surface area contributed by atoms with Gasteiger partial charge in [0.15, 0.2) is 6.29 Å². The maximum Gasteiger partial charge on any atom is 0.172 e. The number of hydrogen-bond donors (Lipinski definition) is 0. The van der Waals surface area contributed by atoms with E-state index in [1.165, 1.54) is 38.5 Å². The summed E-state index contributed by atoms with van der Waals surface area (Å²) in [4.78, 5) is 10.8. The molecule has 1 aliphatic carbocycles. The number of nitrogens with zero attached hydrogens (tertiary/aromatic N) is 3. The van der Waals surface area contributed by atoms with E-state index in [2.05, 4.69) is 10.3 Å². The van der Waals surface area contributed by atoms with Gasteiger partial charge >= 0.3 is 0 Å². The minimum Gasteiger partial charge on any atom is -0.296 e. The Bertz CT molecular complexity index is 353. The van der Waals surface area contributed by atoms with Crippen LogP contribution in [0.4, 0.5) is 0 Å². The molecule has 0 atom stereocenters. The number of hydrogen-bond acceptors (Lipinski definition) is 3. The number of aromatic nitrogens is 3. The Hall–Kier alpha value is -1.19. The Morgan fingerprint density at radius 1 is 1.38 bits per heavy atom. The highest BCUT2D eigenvalue weighted by atomic mass is 16.1. The molecule has 0 radical (unpaired) electrons. The van der Waals surface area contributed by atoms with E-state index in [4.69, 9.17) is 0 Å². The fourth-order valence-corrected chi connectivity index (χ4v) is 2.59. The van der Waals surface area contributed by atoms with Crippen molar-refractivity contribution in [3.05, 3.63) is 11.4 Å². The number of rotatable bonds is 4. The SMILES string of the molecule is Cn1nnc(C=O)c1CCC1CCCCC1. The van der Waals surface area contributed by atoms with E-state index >= 15 is 0 Å². The molecule has 0 unspecified atom stereocenters. The van der Waals surface area contributed by atoms with Crippen LogP contribution in [0.2, 0.25) is 0 Å². The zero-order valence-corrected chi connectivity index (χ0v) is 9.85. The predicted octanol–water partition coefficient (Wildman–Crippen LogP) is 2.14. The maximum atomic E-state index is 10.8. The summed E-state index contributed by atoms with van der Waals surface area (Å²) in [5, 5.41) is 7.73. The first kappa shape index (κ1) is 11.3. The Balaban J connectivity index is 1.92. The minimum absolute atomic E-state index is 0.512. The molecule has 1 aromatic heterocycles. The van der Waals surface area contributed by atoms with E-state index in [1.807, 2.05) is 7.05 Å². The molecular weight excluding hydrogens is 202 g/mol. The highest BCUT2D eigenvalue weighted by Crippen LogP contribution is 2.27. The highest BCUT2D eigenvalue weighted by molar-refractivity contribution is 5.73. The van der Waals surface area contributed by atoms with Gasteiger partial charge in [-0.1, -0.05) is 37.3 Å². The molecule has 4 nitrogen and oxygen atoms in total. The predicted molar refractivity (Wildman–Crippen MR) is 61.3 cm³/mol. The number of aryl methyl sites for hydroxylation is 1. The molecule has 0 N–H and O–H groups in total. The molecular formula is C12H19N3O. The summed E-state index contributed by atoms with van der Waals surface area (Å²) in [6, 6.07) is 0. The first-order valence-electron chi connectivity index (χ1n) is 6.15. The summed E-state index contributed by atoms with van der Waals surface area (Å²) in [7, 11) is 1.86. The van der Waals surface area contributed by atoms with Gasteiger partial charge in [0.25, 0.3) is 0 Å². The van der Waals surface area contributed by atoms with Gasteiger partial charge in [-0.25, -0.2) is 0 Å². The van der Waals surface area contributed by atoms with Crippen molar-refractivity contribution >= 4 is 6.29 Å². The lowest BCUT2D eigenvalue weighted by atomic mass is 9.85. The van der Waals surface area contributed by atoms with Crippen LogP contribution in [0.1, 0.15) is 54.7 Å². The lowest BCUT2D eigenvalue weighted by molar-refractivity contribution is 0.111. The molecule has 4 heteroatoms. The topological polar surface area (TPSA) is 47.8 Å². The smallest absolute Gasteiger partial charge is 0.172 e. The van der Waals surface area contributed by atoms with E-state index in [0.29, 0.717) is 5.69 Å². The van der Waals surface area contributed by atoms with Crippen LogP contribution in [0, 0.1) is 5.92 Å². The third-order valence-electron chi connectivity index (χ3n) is 3.60. The van der Waals surface area contributed by atoms with Crippen molar-refractivity contribution in [2.24, 2.45) is 13.0 Å². The third kappa shape index (κ3) is 2.49. The van der Waals surface area contributed by atoms with Crippen LogP contribution in [0.5, 0.6) is 0 Å². The molecule has 0 bridgehead atoms. The molecule has 0 saturated heterocycles. The zero-order valence-electron chi connectivity index (χ0n) is 9.85. The van der Waals surface area contributed by atoms with Crippen LogP contribution in [0.25, 0.3) is 0 Å². The van der Waals surface area contributed by atoms with Crippen LogP contribution in [0.15, 0.2) is 0 Å². The van der Waals surface area contributed by atoms with Crippen LogP contribution >= 0.6 is 0 Å². The van der Waals surface area contributed by atoms with Gasteiger partial charge < -0.3 is 0 Å².